The third kappa shape index (κ3) is 42.0. The Hall–Kier alpha value is -3.15. The second kappa shape index (κ2) is 44.6. The Morgan fingerprint density at radius 2 is 0.786 bits per heavy atom. The van der Waals surface area contributed by atoms with Crippen LogP contribution in [0.2, 0.25) is 0 Å². The summed E-state index contributed by atoms with van der Waals surface area (Å²) in [4.78, 5) is 37.7. The number of rotatable bonds is 40. The van der Waals surface area contributed by atoms with Gasteiger partial charge in [0, 0.05) is 19.3 Å². The first-order chi connectivity index (χ1) is 27.5. The van der Waals surface area contributed by atoms with Gasteiger partial charge in [-0.3, -0.25) is 14.4 Å². The van der Waals surface area contributed by atoms with Gasteiger partial charge in [-0.2, -0.15) is 0 Å². The first kappa shape index (κ1) is 52.9. The van der Waals surface area contributed by atoms with Gasteiger partial charge < -0.3 is 14.2 Å². The van der Waals surface area contributed by atoms with E-state index in [0.29, 0.717) is 19.3 Å². The predicted molar refractivity (Wildman–Crippen MR) is 238 cm³/mol. The molecule has 0 saturated heterocycles. The Labute approximate surface area is 344 Å². The third-order valence-corrected chi connectivity index (χ3v) is 9.55. The first-order valence-corrected chi connectivity index (χ1v) is 23.0. The molecule has 0 aromatic rings. The van der Waals surface area contributed by atoms with Gasteiger partial charge in [0.2, 0.25) is 0 Å². The molecule has 1 unspecified atom stereocenters. The molecule has 6 heteroatoms. The predicted octanol–water partition coefficient (Wildman–Crippen LogP) is 14.7. The summed E-state index contributed by atoms with van der Waals surface area (Å²) in [6.07, 6.45) is 54.5. The standard InChI is InChI=1S/C50H84O6/c1-4-7-10-13-16-19-22-24-25-26-29-31-34-37-40-43-49(52)55-46-47(45-54-48(51)42-39-36-33-30-27-21-18-15-12-9-6-3)56-50(53)44-41-38-35-32-28-23-20-17-14-11-8-5-2/h7-8,10-11,13,16-17,19-20,22,24-25,47H,4-6,9,12,14-15,18,21,23,26-46H2,1-3H3/b10-7-,11-8-,16-13-,20-17-,22-19-,25-24-. The van der Waals surface area contributed by atoms with E-state index < -0.39 is 6.10 Å². The molecule has 56 heavy (non-hydrogen) atoms. The van der Waals surface area contributed by atoms with Crippen LogP contribution in [0.25, 0.3) is 0 Å². The lowest BCUT2D eigenvalue weighted by molar-refractivity contribution is -0.167. The van der Waals surface area contributed by atoms with Crippen LogP contribution in [0.1, 0.15) is 207 Å². The van der Waals surface area contributed by atoms with E-state index in [1.54, 1.807) is 0 Å². The minimum absolute atomic E-state index is 0.0884. The molecule has 0 aliphatic carbocycles. The van der Waals surface area contributed by atoms with Gasteiger partial charge in [0.05, 0.1) is 0 Å². The molecule has 0 aliphatic heterocycles. The molecule has 0 amide bonds. The highest BCUT2D eigenvalue weighted by molar-refractivity contribution is 5.71. The highest BCUT2D eigenvalue weighted by atomic mass is 16.6. The summed E-state index contributed by atoms with van der Waals surface area (Å²) < 4.78 is 16.7. The Morgan fingerprint density at radius 3 is 1.29 bits per heavy atom. The van der Waals surface area contributed by atoms with Gasteiger partial charge in [-0.05, 0) is 64.2 Å². The van der Waals surface area contributed by atoms with Gasteiger partial charge in [-0.1, -0.05) is 196 Å². The van der Waals surface area contributed by atoms with Crippen molar-refractivity contribution in [1.82, 2.24) is 0 Å². The number of hydrogen-bond acceptors (Lipinski definition) is 6. The van der Waals surface area contributed by atoms with Crippen LogP contribution in [0, 0.1) is 0 Å². The molecule has 0 heterocycles. The average Bonchev–Trinajstić information content (AvgIpc) is 3.19. The number of hydrogen-bond donors (Lipinski definition) is 0. The average molecular weight is 781 g/mol. The van der Waals surface area contributed by atoms with E-state index in [0.717, 1.165) is 116 Å². The van der Waals surface area contributed by atoms with Crippen LogP contribution >= 0.6 is 0 Å². The molecule has 0 rings (SSSR count). The maximum absolute atomic E-state index is 12.7. The van der Waals surface area contributed by atoms with Gasteiger partial charge in [-0.25, -0.2) is 0 Å². The molecule has 320 valence electrons. The molecule has 0 spiro atoms. The summed E-state index contributed by atoms with van der Waals surface area (Å²) in [5, 5.41) is 0. The molecule has 0 bridgehead atoms. The van der Waals surface area contributed by atoms with Crippen LogP contribution in [0.4, 0.5) is 0 Å². The van der Waals surface area contributed by atoms with Crippen molar-refractivity contribution in [2.75, 3.05) is 13.2 Å². The van der Waals surface area contributed by atoms with Crippen molar-refractivity contribution in [1.29, 1.82) is 0 Å². The zero-order chi connectivity index (χ0) is 40.8. The van der Waals surface area contributed by atoms with Crippen molar-refractivity contribution in [3.05, 3.63) is 72.9 Å². The highest BCUT2D eigenvalue weighted by Gasteiger charge is 2.19. The molecule has 0 aromatic carbocycles. The SMILES string of the molecule is CC\C=C/C=C\C=C/C=C\CCCCCCCC(=O)OCC(COC(=O)CCCCCCCCCCCCC)OC(=O)CCCCCCC/C=C\C/C=C\CC. The summed E-state index contributed by atoms with van der Waals surface area (Å²) in [6, 6.07) is 0. The number of allylic oxidation sites excluding steroid dienone is 12. The van der Waals surface area contributed by atoms with Crippen molar-refractivity contribution in [3.63, 3.8) is 0 Å². The van der Waals surface area contributed by atoms with Gasteiger partial charge in [-0.15, -0.1) is 0 Å². The van der Waals surface area contributed by atoms with Crippen LogP contribution in [0.15, 0.2) is 72.9 Å². The Bertz CT molecular complexity index is 1080. The van der Waals surface area contributed by atoms with E-state index in [9.17, 15) is 14.4 Å². The maximum Gasteiger partial charge on any atom is 0.306 e. The van der Waals surface area contributed by atoms with Crippen LogP contribution in [-0.2, 0) is 28.6 Å². The topological polar surface area (TPSA) is 78.9 Å². The molecule has 0 N–H and O–H groups in total. The zero-order valence-corrected chi connectivity index (χ0v) is 36.4. The number of ether oxygens (including phenoxy) is 3. The van der Waals surface area contributed by atoms with E-state index in [-0.39, 0.29) is 31.1 Å². The van der Waals surface area contributed by atoms with Gasteiger partial charge in [0.15, 0.2) is 6.10 Å². The molecule has 0 saturated carbocycles. The van der Waals surface area contributed by atoms with Crippen LogP contribution < -0.4 is 0 Å². The summed E-state index contributed by atoms with van der Waals surface area (Å²) in [7, 11) is 0. The van der Waals surface area contributed by atoms with Gasteiger partial charge in [0.25, 0.3) is 0 Å². The molecule has 1 atom stereocenters. The van der Waals surface area contributed by atoms with Crippen molar-refractivity contribution >= 4 is 17.9 Å². The van der Waals surface area contributed by atoms with Crippen molar-refractivity contribution in [3.8, 4) is 0 Å². The number of esters is 3. The van der Waals surface area contributed by atoms with E-state index in [1.165, 1.54) is 51.4 Å². The van der Waals surface area contributed by atoms with E-state index >= 15 is 0 Å². The lowest BCUT2D eigenvalue weighted by Gasteiger charge is -2.18. The molecule has 0 fully saturated rings. The Kier molecular flexibility index (Phi) is 42.1. The quantitative estimate of drug-likeness (QED) is 0.0203. The Morgan fingerprint density at radius 1 is 0.393 bits per heavy atom. The summed E-state index contributed by atoms with van der Waals surface area (Å²) in [6.45, 7) is 6.33. The van der Waals surface area contributed by atoms with E-state index in [2.05, 4.69) is 69.4 Å². The molecule has 0 aliphatic rings. The fraction of sp³-hybridized carbons (Fsp3) is 0.700. The highest BCUT2D eigenvalue weighted by Crippen LogP contribution is 2.14. The van der Waals surface area contributed by atoms with Crippen molar-refractivity contribution in [2.24, 2.45) is 0 Å². The first-order valence-electron chi connectivity index (χ1n) is 23.0. The zero-order valence-electron chi connectivity index (χ0n) is 36.4. The smallest absolute Gasteiger partial charge is 0.306 e. The molecule has 0 aromatic heterocycles. The van der Waals surface area contributed by atoms with Crippen LogP contribution in [0.3, 0.4) is 0 Å². The second-order valence-electron chi connectivity index (χ2n) is 15.0. The lowest BCUT2D eigenvalue weighted by Crippen LogP contribution is -2.30. The summed E-state index contributed by atoms with van der Waals surface area (Å²) in [5.74, 6) is -0.933. The Balaban J connectivity index is 4.44. The molecule has 0 radical (unpaired) electrons. The monoisotopic (exact) mass is 781 g/mol. The van der Waals surface area contributed by atoms with Gasteiger partial charge >= 0.3 is 17.9 Å². The third-order valence-electron chi connectivity index (χ3n) is 9.55. The second-order valence-corrected chi connectivity index (χ2v) is 15.0. The minimum Gasteiger partial charge on any atom is -0.462 e. The molecular formula is C50H84O6. The van der Waals surface area contributed by atoms with Crippen molar-refractivity contribution in [2.45, 2.75) is 213 Å². The summed E-state index contributed by atoms with van der Waals surface area (Å²) >= 11 is 0. The summed E-state index contributed by atoms with van der Waals surface area (Å²) in [5.41, 5.74) is 0. The van der Waals surface area contributed by atoms with Crippen molar-refractivity contribution < 1.29 is 28.6 Å². The molecular weight excluding hydrogens is 697 g/mol. The van der Waals surface area contributed by atoms with Crippen LogP contribution in [0.5, 0.6) is 0 Å². The van der Waals surface area contributed by atoms with E-state index in [1.807, 2.05) is 24.3 Å². The van der Waals surface area contributed by atoms with Crippen LogP contribution in [-0.4, -0.2) is 37.2 Å². The minimum atomic E-state index is -0.788. The maximum atomic E-state index is 12.7. The fourth-order valence-electron chi connectivity index (χ4n) is 6.14. The number of carbonyl (C=O) groups is 3. The van der Waals surface area contributed by atoms with E-state index in [4.69, 9.17) is 14.2 Å². The normalized spacial score (nSPS) is 12.7. The fourth-order valence-corrected chi connectivity index (χ4v) is 6.14. The lowest BCUT2D eigenvalue weighted by atomic mass is 10.1. The molecule has 6 nitrogen and oxygen atoms in total. The number of unbranched alkanes of at least 4 members (excludes halogenated alkanes) is 20. The largest absolute Gasteiger partial charge is 0.462 e. The number of carbonyl (C=O) groups excluding carboxylic acids is 3. The van der Waals surface area contributed by atoms with Gasteiger partial charge in [0.1, 0.15) is 13.2 Å².